The lowest BCUT2D eigenvalue weighted by Crippen LogP contribution is -1.99. The predicted octanol–water partition coefficient (Wildman–Crippen LogP) is 10.7. The van der Waals surface area contributed by atoms with Gasteiger partial charge in [0.05, 0.1) is 22.9 Å². The quantitative estimate of drug-likeness (QED) is 0.185. The molecule has 0 radical (unpaired) electrons. The first-order valence-electron chi connectivity index (χ1n) is 15.7. The van der Waals surface area contributed by atoms with E-state index < -0.39 is 0 Å². The molecule has 4 aromatic carbocycles. The topological polar surface area (TPSA) is 44.9 Å². The maximum Gasteiger partial charge on any atom is 0.137 e. The van der Waals surface area contributed by atoms with Crippen molar-refractivity contribution in [3.63, 3.8) is 0 Å². The van der Waals surface area contributed by atoms with Crippen molar-refractivity contribution >= 4 is 21.8 Å². The molecule has 0 aliphatic heterocycles. The van der Waals surface area contributed by atoms with Crippen LogP contribution in [-0.4, -0.2) is 19.3 Å². The summed E-state index contributed by atoms with van der Waals surface area (Å²) in [5.41, 5.74) is 10.7. The molecule has 0 spiro atoms. The molecule has 7 rings (SSSR count). The van der Waals surface area contributed by atoms with Crippen LogP contribution in [0.5, 0.6) is 11.5 Å². The number of pyridine rings is 1. The number of para-hydroxylation sites is 1. The third-order valence-electron chi connectivity index (χ3n) is 8.72. The van der Waals surface area contributed by atoms with Crippen molar-refractivity contribution in [2.45, 2.75) is 53.4 Å². The van der Waals surface area contributed by atoms with E-state index in [-0.39, 0.29) is 0 Å². The van der Waals surface area contributed by atoms with Crippen molar-refractivity contribution in [1.29, 1.82) is 0 Å². The van der Waals surface area contributed by atoms with Gasteiger partial charge in [-0.1, -0.05) is 64.1 Å². The number of benzene rings is 4. The standard InChI is InChI=1S/C40H38N4O/c1-25(2)29-16-17-41-39(20-29)44-37-13-8-7-12-35(37)36-15-14-34(22-38(36)44)45-33-11-9-10-32(21-33)43-24-31(23-42-43)40-27(5)18-30(26(3)4)19-28(40)6/h7-26H,1-6H3. The van der Waals surface area contributed by atoms with Crippen molar-refractivity contribution in [3.8, 4) is 34.1 Å². The zero-order valence-corrected chi connectivity index (χ0v) is 26.7. The second-order valence-electron chi connectivity index (χ2n) is 12.6. The number of hydrogen-bond donors (Lipinski definition) is 0. The lowest BCUT2D eigenvalue weighted by atomic mass is 9.91. The van der Waals surface area contributed by atoms with Crippen LogP contribution in [0.4, 0.5) is 0 Å². The second kappa shape index (κ2) is 11.4. The van der Waals surface area contributed by atoms with Gasteiger partial charge in [0.25, 0.3) is 0 Å². The van der Waals surface area contributed by atoms with Crippen LogP contribution >= 0.6 is 0 Å². The zero-order chi connectivity index (χ0) is 31.2. The Morgan fingerprint density at radius 2 is 1.40 bits per heavy atom. The number of ether oxygens (including phenoxy) is 1. The van der Waals surface area contributed by atoms with E-state index in [1.807, 2.05) is 41.3 Å². The third-order valence-corrected chi connectivity index (χ3v) is 8.72. The van der Waals surface area contributed by atoms with Crippen molar-refractivity contribution in [1.82, 2.24) is 19.3 Å². The number of aryl methyl sites for hydroxylation is 2. The largest absolute Gasteiger partial charge is 0.457 e. The molecular formula is C40H38N4O. The molecule has 5 heteroatoms. The maximum absolute atomic E-state index is 6.49. The highest BCUT2D eigenvalue weighted by atomic mass is 16.5. The molecule has 0 unspecified atom stereocenters. The molecular weight excluding hydrogens is 552 g/mol. The minimum atomic E-state index is 0.412. The van der Waals surface area contributed by atoms with Crippen LogP contribution in [0.15, 0.2) is 110 Å². The zero-order valence-electron chi connectivity index (χ0n) is 26.7. The Morgan fingerprint density at radius 3 is 2.18 bits per heavy atom. The minimum Gasteiger partial charge on any atom is -0.457 e. The normalized spacial score (nSPS) is 11.7. The highest BCUT2D eigenvalue weighted by Crippen LogP contribution is 2.36. The van der Waals surface area contributed by atoms with Crippen LogP contribution in [0.1, 0.15) is 61.8 Å². The van der Waals surface area contributed by atoms with E-state index in [1.165, 1.54) is 38.6 Å². The fourth-order valence-corrected chi connectivity index (χ4v) is 6.38. The first-order valence-corrected chi connectivity index (χ1v) is 15.7. The Labute approximate surface area is 264 Å². The average Bonchev–Trinajstić information content (AvgIpc) is 3.64. The lowest BCUT2D eigenvalue weighted by molar-refractivity contribution is 0.483. The van der Waals surface area contributed by atoms with Crippen LogP contribution in [0.3, 0.4) is 0 Å². The van der Waals surface area contributed by atoms with Crippen molar-refractivity contribution in [2.24, 2.45) is 0 Å². The second-order valence-corrected chi connectivity index (χ2v) is 12.6. The predicted molar refractivity (Wildman–Crippen MR) is 185 cm³/mol. The van der Waals surface area contributed by atoms with Crippen LogP contribution in [0.25, 0.3) is 44.4 Å². The third kappa shape index (κ3) is 5.29. The van der Waals surface area contributed by atoms with Gasteiger partial charge in [0.2, 0.25) is 0 Å². The molecule has 224 valence electrons. The molecule has 45 heavy (non-hydrogen) atoms. The minimum absolute atomic E-state index is 0.412. The monoisotopic (exact) mass is 590 g/mol. The summed E-state index contributed by atoms with van der Waals surface area (Å²) in [7, 11) is 0. The van der Waals surface area contributed by atoms with Gasteiger partial charge in [-0.15, -0.1) is 0 Å². The summed E-state index contributed by atoms with van der Waals surface area (Å²) in [6.45, 7) is 13.3. The Hall–Kier alpha value is -5.16. The maximum atomic E-state index is 6.49. The van der Waals surface area contributed by atoms with E-state index in [0.29, 0.717) is 11.8 Å². The molecule has 3 heterocycles. The summed E-state index contributed by atoms with van der Waals surface area (Å²) in [6.07, 6.45) is 5.96. The summed E-state index contributed by atoms with van der Waals surface area (Å²) >= 11 is 0. The van der Waals surface area contributed by atoms with Gasteiger partial charge in [-0.3, -0.25) is 4.57 Å². The smallest absolute Gasteiger partial charge is 0.137 e. The first kappa shape index (κ1) is 28.6. The van der Waals surface area contributed by atoms with E-state index in [9.17, 15) is 0 Å². The van der Waals surface area contributed by atoms with Gasteiger partial charge in [0, 0.05) is 40.9 Å². The van der Waals surface area contributed by atoms with Gasteiger partial charge in [0.15, 0.2) is 0 Å². The average molecular weight is 591 g/mol. The Morgan fingerprint density at radius 1 is 0.667 bits per heavy atom. The highest BCUT2D eigenvalue weighted by Gasteiger charge is 2.16. The number of nitrogens with zero attached hydrogens (tertiary/aromatic N) is 4. The number of rotatable bonds is 7. The van der Waals surface area contributed by atoms with Gasteiger partial charge in [0.1, 0.15) is 17.3 Å². The van der Waals surface area contributed by atoms with E-state index in [1.54, 1.807) is 0 Å². The van der Waals surface area contributed by atoms with Crippen LogP contribution in [0.2, 0.25) is 0 Å². The summed E-state index contributed by atoms with van der Waals surface area (Å²) in [5, 5.41) is 7.09. The molecule has 0 saturated heterocycles. The first-order chi connectivity index (χ1) is 21.8. The summed E-state index contributed by atoms with van der Waals surface area (Å²) in [5.74, 6) is 3.33. The van der Waals surface area contributed by atoms with Crippen LogP contribution < -0.4 is 4.74 Å². The van der Waals surface area contributed by atoms with Gasteiger partial charge in [-0.05, 0) is 96.0 Å². The van der Waals surface area contributed by atoms with Gasteiger partial charge < -0.3 is 4.74 Å². The molecule has 7 aromatic rings. The summed E-state index contributed by atoms with van der Waals surface area (Å²) in [6, 6.07) is 31.8. The van der Waals surface area contributed by atoms with E-state index >= 15 is 0 Å². The molecule has 0 N–H and O–H groups in total. The Kier molecular flexibility index (Phi) is 7.25. The van der Waals surface area contributed by atoms with E-state index in [0.717, 1.165) is 39.6 Å². The fraction of sp³-hybridized carbons (Fsp3) is 0.200. The summed E-state index contributed by atoms with van der Waals surface area (Å²) in [4.78, 5) is 4.78. The van der Waals surface area contributed by atoms with E-state index in [2.05, 4.69) is 119 Å². The van der Waals surface area contributed by atoms with Crippen LogP contribution in [-0.2, 0) is 0 Å². The molecule has 0 amide bonds. The van der Waals surface area contributed by atoms with Crippen LogP contribution in [0, 0.1) is 13.8 Å². The summed E-state index contributed by atoms with van der Waals surface area (Å²) < 4.78 is 10.6. The number of hydrogen-bond acceptors (Lipinski definition) is 3. The Balaban J connectivity index is 1.23. The number of fused-ring (bicyclic) bond motifs is 3. The van der Waals surface area contributed by atoms with E-state index in [4.69, 9.17) is 14.8 Å². The molecule has 5 nitrogen and oxygen atoms in total. The molecule has 0 aliphatic rings. The Bertz CT molecular complexity index is 2160. The fourth-order valence-electron chi connectivity index (χ4n) is 6.38. The molecule has 0 bridgehead atoms. The van der Waals surface area contributed by atoms with Gasteiger partial charge in [-0.25, -0.2) is 9.67 Å². The molecule has 0 fully saturated rings. The lowest BCUT2D eigenvalue weighted by Gasteiger charge is -2.13. The molecule has 0 atom stereocenters. The van der Waals surface area contributed by atoms with Gasteiger partial charge in [-0.2, -0.15) is 5.10 Å². The highest BCUT2D eigenvalue weighted by molar-refractivity contribution is 6.09. The molecule has 3 aromatic heterocycles. The molecule has 0 aliphatic carbocycles. The van der Waals surface area contributed by atoms with Gasteiger partial charge >= 0.3 is 0 Å². The van der Waals surface area contributed by atoms with Crippen molar-refractivity contribution in [3.05, 3.63) is 132 Å². The molecule has 0 saturated carbocycles. The van der Waals surface area contributed by atoms with Crippen molar-refractivity contribution in [2.75, 3.05) is 0 Å². The SMILES string of the molecule is Cc1cc(C(C)C)cc(C)c1-c1cnn(-c2cccc(Oc3ccc4c5ccccc5n(-c5cc(C(C)C)ccn5)c4c3)c2)c1. The van der Waals surface area contributed by atoms with Crippen molar-refractivity contribution < 1.29 is 4.74 Å². The number of aromatic nitrogens is 4.